The molecule has 0 aliphatic heterocycles. The maximum Gasteiger partial charge on any atom is 0.424 e. The summed E-state index contributed by atoms with van der Waals surface area (Å²) in [7, 11) is 0. The predicted molar refractivity (Wildman–Crippen MR) is 114 cm³/mol. The number of ether oxygens (including phenoxy) is 1. The van der Waals surface area contributed by atoms with Gasteiger partial charge in [-0.15, -0.1) is 0 Å². The van der Waals surface area contributed by atoms with Crippen molar-refractivity contribution in [2.75, 3.05) is 0 Å². The lowest BCUT2D eigenvalue weighted by molar-refractivity contribution is 0.293. The summed E-state index contributed by atoms with van der Waals surface area (Å²) in [6.45, 7) is 4.24. The Balaban J connectivity index is 1.69. The molecule has 154 valence electrons. The smallest absolute Gasteiger partial charge is 0.424 e. The van der Waals surface area contributed by atoms with Gasteiger partial charge in [-0.2, -0.15) is 0 Å². The monoisotopic (exact) mass is 406 g/mol. The van der Waals surface area contributed by atoms with Gasteiger partial charge in [0.1, 0.15) is 12.4 Å². The zero-order chi connectivity index (χ0) is 21.1. The Morgan fingerprint density at radius 1 is 1.13 bits per heavy atom. The van der Waals surface area contributed by atoms with E-state index in [1.807, 2.05) is 30.3 Å². The van der Waals surface area contributed by atoms with Gasteiger partial charge in [0, 0.05) is 17.7 Å². The van der Waals surface area contributed by atoms with Crippen LogP contribution < -0.4 is 10.5 Å². The van der Waals surface area contributed by atoms with Crippen LogP contribution in [-0.4, -0.2) is 9.55 Å². The van der Waals surface area contributed by atoms with Crippen LogP contribution >= 0.6 is 0 Å². The summed E-state index contributed by atoms with van der Waals surface area (Å²) in [5, 5.41) is 0. The van der Waals surface area contributed by atoms with E-state index in [2.05, 4.69) is 11.9 Å². The van der Waals surface area contributed by atoms with Crippen molar-refractivity contribution in [2.45, 2.75) is 39.7 Å². The molecule has 0 fully saturated rings. The van der Waals surface area contributed by atoms with Crippen LogP contribution in [0, 0.1) is 12.7 Å². The van der Waals surface area contributed by atoms with E-state index in [9.17, 15) is 9.18 Å². The molecule has 0 atom stereocenters. The van der Waals surface area contributed by atoms with Crippen LogP contribution in [0.1, 0.15) is 36.6 Å². The van der Waals surface area contributed by atoms with E-state index in [4.69, 9.17) is 9.15 Å². The molecular formula is C24H23FN2O3. The highest BCUT2D eigenvalue weighted by molar-refractivity contribution is 5.79. The van der Waals surface area contributed by atoms with Crippen molar-refractivity contribution >= 4 is 11.1 Å². The van der Waals surface area contributed by atoms with Crippen LogP contribution in [-0.2, 0) is 13.0 Å². The molecule has 0 saturated carbocycles. The Morgan fingerprint density at radius 2 is 1.93 bits per heavy atom. The number of aromatic nitrogens is 2. The number of unbranched alkanes of at least 4 members (excludes halogenated alkanes) is 1. The van der Waals surface area contributed by atoms with Gasteiger partial charge in [0.05, 0.1) is 16.9 Å². The molecule has 0 spiro atoms. The Kier molecular flexibility index (Phi) is 5.65. The second-order valence-corrected chi connectivity index (χ2v) is 7.25. The van der Waals surface area contributed by atoms with E-state index < -0.39 is 11.6 Å². The summed E-state index contributed by atoms with van der Waals surface area (Å²) in [5.74, 6) is -0.497. The predicted octanol–water partition coefficient (Wildman–Crippen LogP) is 5.35. The fraction of sp³-hybridized carbons (Fsp3) is 0.250. The fourth-order valence-electron chi connectivity index (χ4n) is 3.51. The Bertz CT molecular complexity index is 1230. The standard InChI is InChI=1S/C24H23FN2O3/c1-3-4-10-18-13-19(25)14-21-23(18)30-24(28)27(21)20-11-12-22(26-16(20)2)29-15-17-8-6-5-7-9-17/h5-9,11-14H,3-4,10,15H2,1-2H3. The van der Waals surface area contributed by atoms with Crippen LogP contribution in [0.2, 0.25) is 0 Å². The molecule has 6 heteroatoms. The van der Waals surface area contributed by atoms with Crippen LogP contribution in [0.3, 0.4) is 0 Å². The minimum atomic E-state index is -0.559. The highest BCUT2D eigenvalue weighted by Crippen LogP contribution is 2.26. The third-order valence-corrected chi connectivity index (χ3v) is 5.03. The quantitative estimate of drug-likeness (QED) is 0.415. The average Bonchev–Trinajstić information content (AvgIpc) is 3.07. The number of hydrogen-bond donors (Lipinski definition) is 0. The molecule has 0 radical (unpaired) electrons. The van der Waals surface area contributed by atoms with Crippen LogP contribution in [0.15, 0.2) is 63.8 Å². The second kappa shape index (κ2) is 8.53. The highest BCUT2D eigenvalue weighted by Gasteiger charge is 2.18. The Morgan fingerprint density at radius 3 is 2.67 bits per heavy atom. The Labute approximate surface area is 173 Å². The van der Waals surface area contributed by atoms with Gasteiger partial charge < -0.3 is 9.15 Å². The first kappa shape index (κ1) is 19.9. The topological polar surface area (TPSA) is 57.3 Å². The molecule has 0 aliphatic rings. The third kappa shape index (κ3) is 3.99. The zero-order valence-corrected chi connectivity index (χ0v) is 17.0. The van der Waals surface area contributed by atoms with Crippen molar-refractivity contribution in [2.24, 2.45) is 0 Å². The molecule has 0 saturated heterocycles. The second-order valence-electron chi connectivity index (χ2n) is 7.25. The molecule has 2 aromatic carbocycles. The molecule has 30 heavy (non-hydrogen) atoms. The number of fused-ring (bicyclic) bond motifs is 1. The molecule has 0 unspecified atom stereocenters. The van der Waals surface area contributed by atoms with Crippen molar-refractivity contribution in [1.82, 2.24) is 9.55 Å². The van der Waals surface area contributed by atoms with Gasteiger partial charge in [-0.05, 0) is 37.5 Å². The minimum Gasteiger partial charge on any atom is -0.473 e. The molecule has 0 amide bonds. The molecule has 2 aromatic heterocycles. The van der Waals surface area contributed by atoms with E-state index >= 15 is 0 Å². The summed E-state index contributed by atoms with van der Waals surface area (Å²) in [6.07, 6.45) is 2.51. The first-order valence-electron chi connectivity index (χ1n) is 10.1. The number of pyridine rings is 1. The summed E-state index contributed by atoms with van der Waals surface area (Å²) in [4.78, 5) is 17.1. The third-order valence-electron chi connectivity index (χ3n) is 5.03. The Hall–Kier alpha value is -3.41. The van der Waals surface area contributed by atoms with Gasteiger partial charge in [-0.3, -0.25) is 0 Å². The van der Waals surface area contributed by atoms with E-state index in [0.717, 1.165) is 18.4 Å². The van der Waals surface area contributed by atoms with Crippen LogP contribution in [0.4, 0.5) is 4.39 Å². The highest BCUT2D eigenvalue weighted by atomic mass is 19.1. The molecule has 5 nitrogen and oxygen atoms in total. The maximum absolute atomic E-state index is 14.3. The lowest BCUT2D eigenvalue weighted by Gasteiger charge is -2.10. The summed E-state index contributed by atoms with van der Waals surface area (Å²) in [5.41, 5.74) is 3.71. The van der Waals surface area contributed by atoms with Crippen LogP contribution in [0.25, 0.3) is 16.8 Å². The molecule has 0 N–H and O–H groups in total. The van der Waals surface area contributed by atoms with E-state index in [1.54, 1.807) is 19.1 Å². The van der Waals surface area contributed by atoms with Crippen molar-refractivity contribution in [1.29, 1.82) is 0 Å². The van der Waals surface area contributed by atoms with Crippen molar-refractivity contribution in [3.8, 4) is 11.6 Å². The molecule has 0 aliphatic carbocycles. The van der Waals surface area contributed by atoms with Gasteiger partial charge in [-0.1, -0.05) is 43.7 Å². The zero-order valence-electron chi connectivity index (χ0n) is 17.0. The van der Waals surface area contributed by atoms with Crippen molar-refractivity contribution < 1.29 is 13.5 Å². The summed E-state index contributed by atoms with van der Waals surface area (Å²) in [6, 6.07) is 16.0. The lowest BCUT2D eigenvalue weighted by atomic mass is 10.1. The maximum atomic E-state index is 14.3. The van der Waals surface area contributed by atoms with Crippen molar-refractivity contribution in [3.63, 3.8) is 0 Å². The van der Waals surface area contributed by atoms with Gasteiger partial charge in [0.25, 0.3) is 0 Å². The lowest BCUT2D eigenvalue weighted by Crippen LogP contribution is -2.14. The molecule has 0 bridgehead atoms. The van der Waals surface area contributed by atoms with Gasteiger partial charge >= 0.3 is 5.76 Å². The number of nitrogens with zero attached hydrogens (tertiary/aromatic N) is 2. The number of hydrogen-bond acceptors (Lipinski definition) is 4. The first-order valence-corrected chi connectivity index (χ1v) is 10.1. The number of rotatable bonds is 7. The van der Waals surface area contributed by atoms with Crippen molar-refractivity contribution in [3.05, 3.63) is 87.8 Å². The molecule has 2 heterocycles. The normalized spacial score (nSPS) is 11.2. The molecule has 4 aromatic rings. The van der Waals surface area contributed by atoms with Gasteiger partial charge in [-0.25, -0.2) is 18.7 Å². The number of benzene rings is 2. The summed E-state index contributed by atoms with van der Waals surface area (Å²) >= 11 is 0. The van der Waals surface area contributed by atoms with Crippen LogP contribution in [0.5, 0.6) is 5.88 Å². The number of aryl methyl sites for hydroxylation is 2. The summed E-state index contributed by atoms with van der Waals surface area (Å²) < 4.78 is 26.9. The SMILES string of the molecule is CCCCc1cc(F)cc2c1oc(=O)n2-c1ccc(OCc2ccccc2)nc1C. The minimum absolute atomic E-state index is 0.392. The molecular weight excluding hydrogens is 383 g/mol. The van der Waals surface area contributed by atoms with E-state index in [0.29, 0.717) is 47.0 Å². The molecule has 4 rings (SSSR count). The largest absolute Gasteiger partial charge is 0.473 e. The van der Waals surface area contributed by atoms with Gasteiger partial charge in [0.2, 0.25) is 5.88 Å². The first-order chi connectivity index (χ1) is 14.6. The van der Waals surface area contributed by atoms with Gasteiger partial charge in [0.15, 0.2) is 5.58 Å². The van der Waals surface area contributed by atoms with E-state index in [1.165, 1.54) is 16.7 Å². The average molecular weight is 406 g/mol. The van der Waals surface area contributed by atoms with E-state index in [-0.39, 0.29) is 0 Å². The number of halogens is 1. The number of oxazole rings is 1. The fourth-order valence-corrected chi connectivity index (χ4v) is 3.51.